The van der Waals surface area contributed by atoms with Crippen molar-refractivity contribution in [3.63, 3.8) is 0 Å². The maximum atomic E-state index is 13.3. The number of benzene rings is 1. The third kappa shape index (κ3) is 6.97. The zero-order chi connectivity index (χ0) is 31.7. The molecule has 3 aliphatic heterocycles. The topological polar surface area (TPSA) is 253 Å². The molecule has 3 heterocycles. The van der Waals surface area contributed by atoms with Crippen LogP contribution in [0.3, 0.4) is 0 Å². The number of aliphatic hydroxyl groups excluding tert-OH is 8. The fourth-order valence-electron chi connectivity index (χ4n) is 4.70. The molecule has 4 rings (SSSR count). The van der Waals surface area contributed by atoms with Crippen molar-refractivity contribution in [2.24, 2.45) is 10.2 Å². The van der Waals surface area contributed by atoms with Gasteiger partial charge in [-0.2, -0.15) is 13.2 Å². The normalized spacial score (nSPS) is 36.3. The van der Waals surface area contributed by atoms with Crippen molar-refractivity contribution in [1.82, 2.24) is 5.32 Å². The van der Waals surface area contributed by atoms with Crippen LogP contribution in [0.4, 0.5) is 13.2 Å². The van der Waals surface area contributed by atoms with Gasteiger partial charge in [0, 0.05) is 11.1 Å². The van der Waals surface area contributed by atoms with Gasteiger partial charge in [-0.05, 0) is 12.1 Å². The number of ether oxygens (including phenoxy) is 4. The smallest absolute Gasteiger partial charge is 0.394 e. The third-order valence-corrected chi connectivity index (χ3v) is 7.24. The zero-order valence-corrected chi connectivity index (χ0v) is 22.1. The molecule has 16 nitrogen and oxygen atoms in total. The molecule has 43 heavy (non-hydrogen) atoms. The summed E-state index contributed by atoms with van der Waals surface area (Å²) in [4.78, 5) is 13.0. The molecule has 1 aromatic carbocycles. The first-order valence-electron chi connectivity index (χ1n) is 13.0. The highest BCUT2D eigenvalue weighted by Crippen LogP contribution is 2.52. The quantitative estimate of drug-likeness (QED) is 0.116. The van der Waals surface area contributed by atoms with Crippen molar-refractivity contribution in [1.29, 1.82) is 0 Å². The molecule has 11 atom stereocenters. The number of carbonyl (C=O) groups is 1. The van der Waals surface area contributed by atoms with Gasteiger partial charge < -0.3 is 65.1 Å². The fraction of sp³-hybridized carbons (Fsp3) is 0.708. The maximum absolute atomic E-state index is 13.3. The Hall–Kier alpha value is -2.40. The summed E-state index contributed by atoms with van der Waals surface area (Å²) in [6.07, 6.45) is -21.0. The third-order valence-electron chi connectivity index (χ3n) is 7.24. The maximum Gasteiger partial charge on any atom is 0.442 e. The first-order valence-corrected chi connectivity index (χ1v) is 13.0. The number of alkyl halides is 3. The predicted molar refractivity (Wildman–Crippen MR) is 130 cm³/mol. The summed E-state index contributed by atoms with van der Waals surface area (Å²) in [5.74, 6) is -0.835. The van der Waals surface area contributed by atoms with E-state index in [1.54, 1.807) is 0 Å². The number of nitrogens with zero attached hydrogens (tertiary/aromatic N) is 2. The molecule has 242 valence electrons. The molecule has 0 aromatic heterocycles. The second-order valence-corrected chi connectivity index (χ2v) is 10.2. The molecule has 3 aliphatic rings. The van der Waals surface area contributed by atoms with Crippen molar-refractivity contribution < 1.29 is 77.8 Å². The Bertz CT molecular complexity index is 1080. The van der Waals surface area contributed by atoms with E-state index >= 15 is 0 Å². The molecule has 1 unspecified atom stereocenters. The SMILES string of the molecule is O=C(NC(CO[C@H]1[C@H](O)[C@H](O)[C@H](O)O[C@@H]1CO)CO[C@H]1[C@H](O)[C@H](O)[C@@H](O)O[C@@H]1CO)c1ccc(C2(C(F)(F)F)N=N2)cc1. The molecule has 0 saturated carbocycles. The summed E-state index contributed by atoms with van der Waals surface area (Å²) >= 11 is 0. The number of aliphatic hydroxyl groups is 8. The molecule has 2 saturated heterocycles. The molecule has 9 N–H and O–H groups in total. The van der Waals surface area contributed by atoms with Gasteiger partial charge in [-0.15, -0.1) is 10.2 Å². The number of amides is 1. The van der Waals surface area contributed by atoms with E-state index in [1.807, 2.05) is 0 Å². The Morgan fingerprint density at radius 2 is 1.28 bits per heavy atom. The van der Waals surface area contributed by atoms with Crippen LogP contribution in [0.2, 0.25) is 0 Å². The molecule has 2 fully saturated rings. The van der Waals surface area contributed by atoms with Crippen LogP contribution in [0, 0.1) is 0 Å². The first kappa shape index (κ1) is 33.5. The Kier molecular flexibility index (Phi) is 10.4. The minimum absolute atomic E-state index is 0.104. The highest BCUT2D eigenvalue weighted by Gasteiger charge is 2.65. The predicted octanol–water partition coefficient (Wildman–Crippen LogP) is -3.40. The van der Waals surface area contributed by atoms with Gasteiger partial charge in [0.2, 0.25) is 0 Å². The van der Waals surface area contributed by atoms with Crippen LogP contribution in [-0.2, 0) is 24.6 Å². The lowest BCUT2D eigenvalue weighted by molar-refractivity contribution is -0.299. The van der Waals surface area contributed by atoms with Crippen LogP contribution < -0.4 is 5.32 Å². The molecule has 0 bridgehead atoms. The lowest BCUT2D eigenvalue weighted by Crippen LogP contribution is -2.61. The van der Waals surface area contributed by atoms with Gasteiger partial charge in [0.25, 0.3) is 5.91 Å². The van der Waals surface area contributed by atoms with E-state index in [9.17, 15) is 58.8 Å². The van der Waals surface area contributed by atoms with E-state index in [0.29, 0.717) is 0 Å². The van der Waals surface area contributed by atoms with Gasteiger partial charge in [0.15, 0.2) is 12.6 Å². The first-order chi connectivity index (χ1) is 20.2. The number of hydrogen-bond donors (Lipinski definition) is 9. The average molecular weight is 628 g/mol. The molecule has 0 radical (unpaired) electrons. The number of halogens is 3. The van der Waals surface area contributed by atoms with Crippen LogP contribution in [0.1, 0.15) is 15.9 Å². The zero-order valence-electron chi connectivity index (χ0n) is 22.1. The van der Waals surface area contributed by atoms with Crippen LogP contribution in [0.15, 0.2) is 34.5 Å². The van der Waals surface area contributed by atoms with E-state index in [0.717, 1.165) is 24.3 Å². The number of rotatable bonds is 11. The molecular formula is C24H32F3N3O13. The van der Waals surface area contributed by atoms with Crippen LogP contribution in [-0.4, -0.2) is 147 Å². The summed E-state index contributed by atoms with van der Waals surface area (Å²) in [5, 5.41) is 87.9. The van der Waals surface area contributed by atoms with Crippen molar-refractivity contribution >= 4 is 5.91 Å². The molecule has 0 spiro atoms. The van der Waals surface area contributed by atoms with Crippen molar-refractivity contribution in [3.8, 4) is 0 Å². The van der Waals surface area contributed by atoms with Crippen LogP contribution >= 0.6 is 0 Å². The average Bonchev–Trinajstić information content (AvgIpc) is 3.80. The van der Waals surface area contributed by atoms with Crippen LogP contribution in [0.25, 0.3) is 0 Å². The standard InChI is InChI=1S/C24H32F3N3O13/c25-24(26,27)23(29-30-23)10-3-1-9(2-4-10)20(37)28-11(7-40-18-12(5-31)42-21(38)16(35)14(18)33)8-41-19-13(6-32)43-22(39)17(36)15(19)34/h1-4,11-19,21-22,31-36,38-39H,5-8H2,(H,28,37)/t11?,12-,13-,14-,15-,16+,17+,18-,19-,21-,22+/m1/s1. The highest BCUT2D eigenvalue weighted by molar-refractivity contribution is 5.94. The largest absolute Gasteiger partial charge is 0.442 e. The number of nitrogens with one attached hydrogen (secondary N) is 1. The molecule has 0 aliphatic carbocycles. The van der Waals surface area contributed by atoms with E-state index in [1.165, 1.54) is 0 Å². The van der Waals surface area contributed by atoms with Crippen LogP contribution in [0.5, 0.6) is 0 Å². The monoisotopic (exact) mass is 627 g/mol. The highest BCUT2D eigenvalue weighted by atomic mass is 19.4. The molecule has 1 amide bonds. The summed E-state index contributed by atoms with van der Waals surface area (Å²) in [6, 6.07) is 3.04. The number of hydrogen-bond acceptors (Lipinski definition) is 15. The van der Waals surface area contributed by atoms with E-state index < -0.39 is 112 Å². The lowest BCUT2D eigenvalue weighted by Gasteiger charge is -2.41. The van der Waals surface area contributed by atoms with Gasteiger partial charge in [-0.25, -0.2) is 0 Å². The minimum atomic E-state index is -4.77. The second kappa shape index (κ2) is 13.3. The van der Waals surface area contributed by atoms with Gasteiger partial charge in [0.1, 0.15) is 48.8 Å². The Labute approximate surface area is 240 Å². The molecule has 19 heteroatoms. The van der Waals surface area contributed by atoms with Gasteiger partial charge in [-0.1, -0.05) is 12.1 Å². The van der Waals surface area contributed by atoms with E-state index in [2.05, 4.69) is 15.5 Å². The molecule has 1 aromatic rings. The van der Waals surface area contributed by atoms with E-state index in [-0.39, 0.29) is 11.1 Å². The molecular weight excluding hydrogens is 595 g/mol. The lowest BCUT2D eigenvalue weighted by atomic mass is 9.99. The Morgan fingerprint density at radius 1 is 0.837 bits per heavy atom. The summed E-state index contributed by atoms with van der Waals surface area (Å²) in [5.41, 5.74) is -3.11. The Balaban J connectivity index is 1.48. The number of carbonyl (C=O) groups excluding carboxylic acids is 1. The summed E-state index contributed by atoms with van der Waals surface area (Å²) in [6.45, 7) is -2.54. The van der Waals surface area contributed by atoms with Crippen molar-refractivity contribution in [2.75, 3.05) is 26.4 Å². The summed E-state index contributed by atoms with van der Waals surface area (Å²) < 4.78 is 61.2. The Morgan fingerprint density at radius 3 is 1.65 bits per heavy atom. The minimum Gasteiger partial charge on any atom is -0.394 e. The van der Waals surface area contributed by atoms with Gasteiger partial charge >= 0.3 is 11.8 Å². The van der Waals surface area contributed by atoms with Crippen molar-refractivity contribution in [2.45, 2.75) is 79.3 Å². The van der Waals surface area contributed by atoms with Gasteiger partial charge in [0.05, 0.1) is 32.5 Å². The fourth-order valence-corrected chi connectivity index (χ4v) is 4.70. The van der Waals surface area contributed by atoms with E-state index in [4.69, 9.17) is 18.9 Å². The second-order valence-electron chi connectivity index (χ2n) is 10.2. The van der Waals surface area contributed by atoms with Crippen molar-refractivity contribution in [3.05, 3.63) is 35.4 Å². The summed E-state index contributed by atoms with van der Waals surface area (Å²) in [7, 11) is 0. The van der Waals surface area contributed by atoms with Gasteiger partial charge in [-0.3, -0.25) is 4.79 Å².